The van der Waals surface area contributed by atoms with E-state index < -0.39 is 11.1 Å². The average molecular weight is 431 g/mol. The molecule has 9 heteroatoms. The number of benzene rings is 1. The number of hydrogen-bond donors (Lipinski definition) is 1. The molecule has 9 nitrogen and oxygen atoms in total. The Balaban J connectivity index is 1.60. The number of ether oxygens (including phenoxy) is 1. The number of fused-ring (bicyclic) bond motifs is 1. The molecular weight excluding hydrogens is 410 g/mol. The number of nitrogens with zero attached hydrogens (tertiary/aromatic N) is 4. The monoisotopic (exact) mass is 431 g/mol. The molecule has 0 saturated carbocycles. The van der Waals surface area contributed by atoms with Crippen molar-refractivity contribution in [3.05, 3.63) is 99.0 Å². The predicted molar refractivity (Wildman–Crippen MR) is 118 cm³/mol. The Labute approximate surface area is 182 Å². The Morgan fingerprint density at radius 3 is 2.38 bits per heavy atom. The molecule has 4 aromatic rings. The number of hydrogen-bond acceptors (Lipinski definition) is 6. The normalized spacial score (nSPS) is 10.8. The van der Waals surface area contributed by atoms with E-state index in [0.29, 0.717) is 11.2 Å². The quantitative estimate of drug-likeness (QED) is 0.442. The smallest absolute Gasteiger partial charge is 0.318 e. The average Bonchev–Trinajstić information content (AvgIpc) is 2.84. The van der Waals surface area contributed by atoms with E-state index >= 15 is 0 Å². The zero-order valence-corrected chi connectivity index (χ0v) is 17.4. The highest BCUT2D eigenvalue weighted by Gasteiger charge is 2.16. The Bertz CT molecular complexity index is 1360. The molecule has 162 valence electrons. The number of aromatic nitrogens is 4. The first kappa shape index (κ1) is 21.0. The van der Waals surface area contributed by atoms with Crippen LogP contribution in [0.15, 0.2) is 76.7 Å². The van der Waals surface area contributed by atoms with Crippen LogP contribution >= 0.6 is 0 Å². The van der Waals surface area contributed by atoms with Gasteiger partial charge in [-0.2, -0.15) is 0 Å². The minimum atomic E-state index is -0.779. The van der Waals surface area contributed by atoms with Crippen LogP contribution in [0.5, 0.6) is 5.75 Å². The zero-order chi connectivity index (χ0) is 22.5. The third-order valence-corrected chi connectivity index (χ3v) is 5.03. The van der Waals surface area contributed by atoms with Gasteiger partial charge < -0.3 is 10.1 Å². The second-order valence-electron chi connectivity index (χ2n) is 7.11. The second kappa shape index (κ2) is 9.25. The maximum atomic E-state index is 12.9. The second-order valence-corrected chi connectivity index (χ2v) is 7.11. The van der Waals surface area contributed by atoms with E-state index in [0.717, 1.165) is 21.4 Å². The molecule has 0 radical (unpaired) electrons. The van der Waals surface area contributed by atoms with Crippen LogP contribution in [0, 0.1) is 0 Å². The largest absolute Gasteiger partial charge is 0.497 e. The molecule has 1 aromatic carbocycles. The number of nitrogens with one attached hydrogen (secondary N) is 1. The van der Waals surface area contributed by atoms with Gasteiger partial charge in [0, 0.05) is 25.1 Å². The minimum Gasteiger partial charge on any atom is -0.497 e. The Hall–Kier alpha value is -4.27. The number of amides is 1. The SMILES string of the molecule is COc1ccc(CNC(=O)Cn2c(=O)c(=O)n(Cc3ccncc3)c3ncccc32)cc1. The minimum absolute atomic E-state index is 0.175. The molecule has 3 aromatic heterocycles. The first-order valence-corrected chi connectivity index (χ1v) is 9.93. The molecule has 0 bridgehead atoms. The molecule has 0 spiro atoms. The van der Waals surface area contributed by atoms with Gasteiger partial charge in [-0.05, 0) is 47.5 Å². The van der Waals surface area contributed by atoms with E-state index in [2.05, 4.69) is 15.3 Å². The highest BCUT2D eigenvalue weighted by molar-refractivity contribution is 5.78. The van der Waals surface area contributed by atoms with E-state index in [9.17, 15) is 14.4 Å². The van der Waals surface area contributed by atoms with Crippen LogP contribution in [0.3, 0.4) is 0 Å². The molecule has 0 atom stereocenters. The molecule has 0 aliphatic rings. The van der Waals surface area contributed by atoms with E-state index in [1.165, 1.54) is 4.57 Å². The van der Waals surface area contributed by atoms with Crippen molar-refractivity contribution in [2.75, 3.05) is 7.11 Å². The summed E-state index contributed by atoms with van der Waals surface area (Å²) < 4.78 is 7.60. The highest BCUT2D eigenvalue weighted by Crippen LogP contribution is 2.12. The molecule has 4 rings (SSSR count). The standard InChI is InChI=1S/C23H21N5O4/c1-32-18-6-4-16(5-7-18)13-26-20(29)15-27-19-3-2-10-25-21(19)28(23(31)22(27)30)14-17-8-11-24-12-9-17/h2-12H,13-15H2,1H3,(H,26,29). The lowest BCUT2D eigenvalue weighted by Crippen LogP contribution is -2.44. The molecule has 1 N–H and O–H groups in total. The molecular formula is C23H21N5O4. The van der Waals surface area contributed by atoms with Crippen molar-refractivity contribution in [2.24, 2.45) is 0 Å². The summed E-state index contributed by atoms with van der Waals surface area (Å²) in [4.78, 5) is 46.6. The fourth-order valence-corrected chi connectivity index (χ4v) is 3.36. The van der Waals surface area contributed by atoms with Gasteiger partial charge in [-0.1, -0.05) is 12.1 Å². The maximum Gasteiger partial charge on any atom is 0.318 e. The molecule has 0 saturated heterocycles. The van der Waals surface area contributed by atoms with Crippen molar-refractivity contribution in [1.82, 2.24) is 24.4 Å². The van der Waals surface area contributed by atoms with Gasteiger partial charge in [0.05, 0.1) is 19.2 Å². The molecule has 1 amide bonds. The van der Waals surface area contributed by atoms with Crippen molar-refractivity contribution in [3.8, 4) is 5.75 Å². The topological polar surface area (TPSA) is 108 Å². The van der Waals surface area contributed by atoms with Gasteiger partial charge in [-0.25, -0.2) is 4.98 Å². The van der Waals surface area contributed by atoms with E-state index in [4.69, 9.17) is 4.74 Å². The summed E-state index contributed by atoms with van der Waals surface area (Å²) in [7, 11) is 1.58. The summed E-state index contributed by atoms with van der Waals surface area (Å²) in [5.74, 6) is 0.331. The van der Waals surface area contributed by atoms with Crippen molar-refractivity contribution in [2.45, 2.75) is 19.6 Å². The third-order valence-electron chi connectivity index (χ3n) is 5.03. The summed E-state index contributed by atoms with van der Waals surface area (Å²) in [5.41, 5.74) is 0.909. The van der Waals surface area contributed by atoms with Crippen molar-refractivity contribution >= 4 is 17.1 Å². The van der Waals surface area contributed by atoms with Gasteiger partial charge in [-0.15, -0.1) is 0 Å². The molecule has 0 aliphatic heterocycles. The van der Waals surface area contributed by atoms with Gasteiger partial charge in [0.25, 0.3) is 0 Å². The van der Waals surface area contributed by atoms with Gasteiger partial charge >= 0.3 is 11.1 Å². The first-order valence-electron chi connectivity index (χ1n) is 9.93. The summed E-state index contributed by atoms with van der Waals surface area (Å²) >= 11 is 0. The van der Waals surface area contributed by atoms with Crippen LogP contribution < -0.4 is 21.2 Å². The Morgan fingerprint density at radius 2 is 1.66 bits per heavy atom. The number of methoxy groups -OCH3 is 1. The number of carbonyl (C=O) groups excluding carboxylic acids is 1. The summed E-state index contributed by atoms with van der Waals surface area (Å²) in [6, 6.07) is 14.1. The maximum absolute atomic E-state index is 12.9. The van der Waals surface area contributed by atoms with Crippen LogP contribution in [0.2, 0.25) is 0 Å². The van der Waals surface area contributed by atoms with Crippen LogP contribution in [0.4, 0.5) is 0 Å². The van der Waals surface area contributed by atoms with Gasteiger partial charge in [-0.3, -0.25) is 28.5 Å². The Morgan fingerprint density at radius 1 is 0.938 bits per heavy atom. The van der Waals surface area contributed by atoms with Crippen LogP contribution in [-0.4, -0.2) is 32.1 Å². The lowest BCUT2D eigenvalue weighted by molar-refractivity contribution is -0.121. The molecule has 3 heterocycles. The van der Waals surface area contributed by atoms with Crippen molar-refractivity contribution < 1.29 is 9.53 Å². The first-order chi connectivity index (χ1) is 15.6. The number of pyridine rings is 2. The highest BCUT2D eigenvalue weighted by atomic mass is 16.5. The third kappa shape index (κ3) is 4.41. The van der Waals surface area contributed by atoms with E-state index in [-0.39, 0.29) is 25.5 Å². The van der Waals surface area contributed by atoms with Crippen LogP contribution in [0.25, 0.3) is 11.2 Å². The summed E-state index contributed by atoms with van der Waals surface area (Å²) in [5, 5.41) is 2.78. The molecule has 0 fully saturated rings. The summed E-state index contributed by atoms with van der Waals surface area (Å²) in [6.45, 7) is 0.171. The lowest BCUT2D eigenvalue weighted by atomic mass is 10.2. The van der Waals surface area contributed by atoms with Crippen LogP contribution in [-0.2, 0) is 24.4 Å². The van der Waals surface area contributed by atoms with Crippen molar-refractivity contribution in [1.29, 1.82) is 0 Å². The fraction of sp³-hybridized carbons (Fsp3) is 0.174. The van der Waals surface area contributed by atoms with Gasteiger partial charge in [0.15, 0.2) is 5.65 Å². The van der Waals surface area contributed by atoms with Crippen molar-refractivity contribution in [3.63, 3.8) is 0 Å². The fourth-order valence-electron chi connectivity index (χ4n) is 3.36. The predicted octanol–water partition coefficient (Wildman–Crippen LogP) is 1.33. The van der Waals surface area contributed by atoms with E-state index in [1.807, 2.05) is 12.1 Å². The summed E-state index contributed by atoms with van der Waals surface area (Å²) in [6.07, 6.45) is 4.78. The number of rotatable bonds is 7. The van der Waals surface area contributed by atoms with Gasteiger partial charge in [0.1, 0.15) is 12.3 Å². The molecule has 32 heavy (non-hydrogen) atoms. The Kier molecular flexibility index (Phi) is 6.07. The van der Waals surface area contributed by atoms with Gasteiger partial charge in [0.2, 0.25) is 5.91 Å². The number of carbonyl (C=O) groups is 1. The molecule has 0 unspecified atom stereocenters. The van der Waals surface area contributed by atoms with E-state index in [1.54, 1.807) is 62.1 Å². The van der Waals surface area contributed by atoms with Crippen LogP contribution in [0.1, 0.15) is 11.1 Å². The zero-order valence-electron chi connectivity index (χ0n) is 17.4. The lowest BCUT2D eigenvalue weighted by Gasteiger charge is -2.14. The molecule has 0 aliphatic carbocycles.